The molecule has 1 aliphatic rings. The highest BCUT2D eigenvalue weighted by Crippen LogP contribution is 2.30. The van der Waals surface area contributed by atoms with Gasteiger partial charge in [-0.05, 0) is 30.7 Å². The van der Waals surface area contributed by atoms with Crippen LogP contribution in [0.3, 0.4) is 0 Å². The summed E-state index contributed by atoms with van der Waals surface area (Å²) in [5.41, 5.74) is 6.47. The number of ether oxygens (including phenoxy) is 1. The van der Waals surface area contributed by atoms with E-state index in [0.717, 1.165) is 43.9 Å². The SMILES string of the molecule is C[C@@H](c1ccc(F)cc1)N1CCN(c2cc(Oc3cc(F)cc4[nH]c(=O)c(N)nc34)ncn2)CC1. The zero-order valence-corrected chi connectivity index (χ0v) is 18.9. The summed E-state index contributed by atoms with van der Waals surface area (Å²) in [4.78, 5) is 31.2. The van der Waals surface area contributed by atoms with Gasteiger partial charge in [0.15, 0.2) is 11.6 Å². The molecule has 4 aromatic rings. The minimum Gasteiger partial charge on any atom is -0.436 e. The molecule has 1 aliphatic heterocycles. The van der Waals surface area contributed by atoms with Gasteiger partial charge in [-0.1, -0.05) is 12.1 Å². The number of nitrogens with zero attached hydrogens (tertiary/aromatic N) is 5. The molecule has 1 fully saturated rings. The van der Waals surface area contributed by atoms with Gasteiger partial charge in [-0.25, -0.2) is 23.7 Å². The molecule has 0 aliphatic carbocycles. The number of benzene rings is 2. The van der Waals surface area contributed by atoms with Gasteiger partial charge < -0.3 is 20.4 Å². The number of fused-ring (bicyclic) bond motifs is 1. The van der Waals surface area contributed by atoms with Crippen LogP contribution in [0.5, 0.6) is 11.6 Å². The van der Waals surface area contributed by atoms with Crippen molar-refractivity contribution in [3.63, 3.8) is 0 Å². The summed E-state index contributed by atoms with van der Waals surface area (Å²) in [5.74, 6) is -0.140. The maximum Gasteiger partial charge on any atom is 0.290 e. The van der Waals surface area contributed by atoms with Crippen LogP contribution >= 0.6 is 0 Å². The molecule has 2 aromatic carbocycles. The quantitative estimate of drug-likeness (QED) is 0.449. The van der Waals surface area contributed by atoms with E-state index in [9.17, 15) is 13.6 Å². The van der Waals surface area contributed by atoms with Gasteiger partial charge in [-0.2, -0.15) is 0 Å². The van der Waals surface area contributed by atoms with Crippen LogP contribution in [-0.2, 0) is 0 Å². The van der Waals surface area contributed by atoms with Gasteiger partial charge in [0.25, 0.3) is 5.56 Å². The lowest BCUT2D eigenvalue weighted by molar-refractivity contribution is 0.198. The molecule has 11 heteroatoms. The zero-order chi connectivity index (χ0) is 24.5. The Bertz CT molecular complexity index is 1420. The molecule has 0 saturated carbocycles. The van der Waals surface area contributed by atoms with Crippen molar-refractivity contribution in [1.82, 2.24) is 24.8 Å². The lowest BCUT2D eigenvalue weighted by Crippen LogP contribution is -2.47. The molecule has 0 unspecified atom stereocenters. The molecule has 9 nitrogen and oxygen atoms in total. The van der Waals surface area contributed by atoms with Crippen LogP contribution in [0.1, 0.15) is 18.5 Å². The number of aromatic nitrogens is 4. The Kier molecular flexibility index (Phi) is 6.00. The molecule has 3 heterocycles. The summed E-state index contributed by atoms with van der Waals surface area (Å²) in [6, 6.07) is 10.7. The van der Waals surface area contributed by atoms with Crippen molar-refractivity contribution in [1.29, 1.82) is 0 Å². The maximum atomic E-state index is 14.1. The first-order chi connectivity index (χ1) is 16.9. The lowest BCUT2D eigenvalue weighted by Gasteiger charge is -2.38. The third-order valence-corrected chi connectivity index (χ3v) is 6.13. The summed E-state index contributed by atoms with van der Waals surface area (Å²) >= 11 is 0. The molecule has 3 N–H and O–H groups in total. The molecule has 35 heavy (non-hydrogen) atoms. The number of H-pyrrole nitrogens is 1. The van der Waals surface area contributed by atoms with E-state index in [1.54, 1.807) is 6.07 Å². The van der Waals surface area contributed by atoms with E-state index in [0.29, 0.717) is 5.82 Å². The molecule has 1 saturated heterocycles. The molecule has 0 amide bonds. The molecule has 180 valence electrons. The van der Waals surface area contributed by atoms with Gasteiger partial charge in [0.1, 0.15) is 29.3 Å². The largest absolute Gasteiger partial charge is 0.436 e. The van der Waals surface area contributed by atoms with Crippen LogP contribution in [0.25, 0.3) is 11.0 Å². The van der Waals surface area contributed by atoms with Crippen molar-refractivity contribution in [3.8, 4) is 11.6 Å². The third kappa shape index (κ3) is 4.76. The van der Waals surface area contributed by atoms with Crippen molar-refractivity contribution < 1.29 is 13.5 Å². The number of rotatable bonds is 5. The van der Waals surface area contributed by atoms with Crippen LogP contribution in [-0.4, -0.2) is 51.0 Å². The number of nitrogens with two attached hydrogens (primary N) is 1. The first kappa shape index (κ1) is 22.7. The predicted molar refractivity (Wildman–Crippen MR) is 127 cm³/mol. The Morgan fingerprint density at radius 3 is 2.51 bits per heavy atom. The van der Waals surface area contributed by atoms with E-state index in [1.165, 1.54) is 18.5 Å². The van der Waals surface area contributed by atoms with Crippen LogP contribution < -0.4 is 20.9 Å². The summed E-state index contributed by atoms with van der Waals surface area (Å²) in [6.45, 7) is 5.15. The normalized spacial score (nSPS) is 15.3. The number of nitrogen functional groups attached to an aromatic ring is 1. The minimum absolute atomic E-state index is 0.0746. The van der Waals surface area contributed by atoms with E-state index < -0.39 is 11.4 Å². The predicted octanol–water partition coefficient (Wildman–Crippen LogP) is 3.25. The Balaban J connectivity index is 1.31. The number of hydrogen-bond acceptors (Lipinski definition) is 8. The molecule has 0 spiro atoms. The number of nitrogens with one attached hydrogen (secondary N) is 1. The second kappa shape index (κ2) is 9.26. The molecule has 0 radical (unpaired) electrons. The number of halogens is 2. The van der Waals surface area contributed by atoms with Gasteiger partial charge >= 0.3 is 0 Å². The second-order valence-electron chi connectivity index (χ2n) is 8.32. The average Bonchev–Trinajstić information content (AvgIpc) is 2.85. The Morgan fingerprint density at radius 1 is 1.03 bits per heavy atom. The minimum atomic E-state index is -0.605. The summed E-state index contributed by atoms with van der Waals surface area (Å²) in [5, 5.41) is 0. The molecular formula is C24H23F2N7O2. The number of hydrogen-bond donors (Lipinski definition) is 2. The first-order valence-electron chi connectivity index (χ1n) is 11.1. The highest BCUT2D eigenvalue weighted by molar-refractivity contribution is 5.82. The smallest absolute Gasteiger partial charge is 0.290 e. The van der Waals surface area contributed by atoms with Gasteiger partial charge in [0.05, 0.1) is 5.52 Å². The van der Waals surface area contributed by atoms with Crippen LogP contribution in [0.2, 0.25) is 0 Å². The fourth-order valence-corrected chi connectivity index (χ4v) is 4.18. The van der Waals surface area contributed by atoms with Crippen LogP contribution in [0.15, 0.2) is 53.6 Å². The molecule has 1 atom stereocenters. The standard InChI is InChI=1S/C24H23F2N7O2/c1-14(15-2-4-16(25)5-3-15)32-6-8-33(9-7-32)20-12-21(29-13-28-20)35-19-11-17(26)10-18-22(19)31-23(27)24(34)30-18/h2-5,10-14H,6-9H2,1H3,(H2,27,31)(H,30,34)/t14-/m0/s1. The number of aromatic amines is 1. The third-order valence-electron chi connectivity index (χ3n) is 6.13. The van der Waals surface area contributed by atoms with E-state index in [-0.39, 0.29) is 40.3 Å². The lowest BCUT2D eigenvalue weighted by atomic mass is 10.1. The molecule has 0 bridgehead atoms. The molecule has 5 rings (SSSR count). The zero-order valence-electron chi connectivity index (χ0n) is 18.9. The van der Waals surface area contributed by atoms with Gasteiger partial charge in [-0.15, -0.1) is 0 Å². The Labute approximate surface area is 199 Å². The van der Waals surface area contributed by atoms with Crippen molar-refractivity contribution in [2.45, 2.75) is 13.0 Å². The monoisotopic (exact) mass is 479 g/mol. The molecular weight excluding hydrogens is 456 g/mol. The van der Waals surface area contributed by atoms with Gasteiger partial charge in [0, 0.05) is 44.4 Å². The van der Waals surface area contributed by atoms with E-state index in [2.05, 4.69) is 36.7 Å². The topological polar surface area (TPSA) is 113 Å². The summed E-state index contributed by atoms with van der Waals surface area (Å²) < 4.78 is 33.2. The molecule has 2 aromatic heterocycles. The van der Waals surface area contributed by atoms with Crippen molar-refractivity contribution in [2.75, 3.05) is 36.8 Å². The number of anilines is 2. The number of piperazine rings is 1. The van der Waals surface area contributed by atoms with Crippen LogP contribution in [0, 0.1) is 11.6 Å². The van der Waals surface area contributed by atoms with Crippen molar-refractivity contribution in [2.24, 2.45) is 0 Å². The highest BCUT2D eigenvalue weighted by atomic mass is 19.1. The fourth-order valence-electron chi connectivity index (χ4n) is 4.18. The summed E-state index contributed by atoms with van der Waals surface area (Å²) in [7, 11) is 0. The summed E-state index contributed by atoms with van der Waals surface area (Å²) in [6.07, 6.45) is 1.38. The van der Waals surface area contributed by atoms with Crippen LogP contribution in [0.4, 0.5) is 20.4 Å². The Hall–Kier alpha value is -4.12. The fraction of sp³-hybridized carbons (Fsp3) is 0.250. The van der Waals surface area contributed by atoms with Gasteiger partial charge in [0.2, 0.25) is 5.88 Å². The average molecular weight is 479 g/mol. The second-order valence-corrected chi connectivity index (χ2v) is 8.32. The Morgan fingerprint density at radius 2 is 1.77 bits per heavy atom. The van der Waals surface area contributed by atoms with E-state index in [1.807, 2.05) is 12.1 Å². The highest BCUT2D eigenvalue weighted by Gasteiger charge is 2.23. The van der Waals surface area contributed by atoms with Crippen molar-refractivity contribution >= 4 is 22.7 Å². The van der Waals surface area contributed by atoms with Gasteiger partial charge in [-0.3, -0.25) is 9.69 Å². The van der Waals surface area contributed by atoms with Crippen molar-refractivity contribution in [3.05, 3.63) is 76.3 Å². The maximum absolute atomic E-state index is 14.1. The van der Waals surface area contributed by atoms with E-state index >= 15 is 0 Å². The van der Waals surface area contributed by atoms with E-state index in [4.69, 9.17) is 10.5 Å². The first-order valence-corrected chi connectivity index (χ1v) is 11.1.